The molecule has 2 nitrogen and oxygen atoms in total. The molecule has 0 fully saturated rings. The van der Waals surface area contributed by atoms with Crippen molar-refractivity contribution in [1.29, 1.82) is 0 Å². The normalized spacial score (nSPS) is 14.0. The monoisotopic (exact) mass is 280 g/mol. The molecule has 1 aliphatic heterocycles. The molecule has 0 bridgehead atoms. The highest BCUT2D eigenvalue weighted by Gasteiger charge is 2.13. The maximum absolute atomic E-state index is 3.57. The molecule has 2 aromatic carbocycles. The van der Waals surface area contributed by atoms with E-state index in [1.165, 1.54) is 53.0 Å². The summed E-state index contributed by atoms with van der Waals surface area (Å²) in [5.74, 6) is 0. The van der Waals surface area contributed by atoms with Crippen molar-refractivity contribution in [3.8, 4) is 0 Å². The highest BCUT2D eigenvalue weighted by atomic mass is 15.1. The van der Waals surface area contributed by atoms with E-state index in [-0.39, 0.29) is 0 Å². The van der Waals surface area contributed by atoms with Crippen LogP contribution >= 0.6 is 0 Å². The molecule has 0 spiro atoms. The van der Waals surface area contributed by atoms with Crippen LogP contribution in [0.2, 0.25) is 0 Å². The van der Waals surface area contributed by atoms with Gasteiger partial charge in [-0.1, -0.05) is 24.3 Å². The molecule has 0 unspecified atom stereocenters. The largest absolute Gasteiger partial charge is 0.381 e. The van der Waals surface area contributed by atoms with Gasteiger partial charge in [-0.3, -0.25) is 0 Å². The van der Waals surface area contributed by atoms with Crippen molar-refractivity contribution in [3.63, 3.8) is 0 Å². The van der Waals surface area contributed by atoms with E-state index in [9.17, 15) is 0 Å². The summed E-state index contributed by atoms with van der Waals surface area (Å²) in [7, 11) is 2.19. The third-order valence-electron chi connectivity index (χ3n) is 4.58. The summed E-state index contributed by atoms with van der Waals surface area (Å²) >= 11 is 0. The lowest BCUT2D eigenvalue weighted by Crippen LogP contribution is -2.24. The Kier molecular flexibility index (Phi) is 3.87. The van der Waals surface area contributed by atoms with Gasteiger partial charge in [0, 0.05) is 31.5 Å². The van der Waals surface area contributed by atoms with Crippen LogP contribution in [-0.4, -0.2) is 13.6 Å². The highest BCUT2D eigenvalue weighted by Crippen LogP contribution is 2.27. The quantitative estimate of drug-likeness (QED) is 0.902. The molecule has 3 rings (SSSR count). The molecule has 2 heteroatoms. The van der Waals surface area contributed by atoms with Crippen molar-refractivity contribution < 1.29 is 0 Å². The van der Waals surface area contributed by atoms with E-state index in [0.717, 1.165) is 6.54 Å². The van der Waals surface area contributed by atoms with Crippen LogP contribution in [0, 0.1) is 13.8 Å². The molecule has 1 N–H and O–H groups in total. The lowest BCUT2D eigenvalue weighted by Gasteiger charge is -2.28. The predicted octanol–water partition coefficient (Wildman–Crippen LogP) is 4.30. The molecule has 0 aliphatic carbocycles. The van der Waals surface area contributed by atoms with Crippen LogP contribution in [0.1, 0.15) is 28.7 Å². The Labute approximate surface area is 127 Å². The SMILES string of the molecule is Cc1cccc(NCc2ccc3c(c2)CCCN3C)c1C. The van der Waals surface area contributed by atoms with E-state index in [4.69, 9.17) is 0 Å². The van der Waals surface area contributed by atoms with Gasteiger partial charge in [0.25, 0.3) is 0 Å². The Morgan fingerprint density at radius 3 is 2.86 bits per heavy atom. The number of aryl methyl sites for hydroxylation is 2. The van der Waals surface area contributed by atoms with Crippen LogP contribution in [0.5, 0.6) is 0 Å². The van der Waals surface area contributed by atoms with E-state index in [2.05, 4.69) is 67.5 Å². The van der Waals surface area contributed by atoms with E-state index in [0.29, 0.717) is 0 Å². The maximum Gasteiger partial charge on any atom is 0.0401 e. The van der Waals surface area contributed by atoms with E-state index in [1.54, 1.807) is 0 Å². The van der Waals surface area contributed by atoms with Gasteiger partial charge in [-0.05, 0) is 61.1 Å². The first-order valence-corrected chi connectivity index (χ1v) is 7.78. The molecule has 2 aromatic rings. The number of hydrogen-bond donors (Lipinski definition) is 1. The third kappa shape index (κ3) is 2.90. The summed E-state index contributed by atoms with van der Waals surface area (Å²) in [5.41, 5.74) is 8.18. The van der Waals surface area contributed by atoms with E-state index in [1.807, 2.05) is 0 Å². The van der Waals surface area contributed by atoms with Crippen molar-refractivity contribution in [1.82, 2.24) is 0 Å². The van der Waals surface area contributed by atoms with Crippen molar-refractivity contribution in [3.05, 3.63) is 58.7 Å². The number of nitrogens with one attached hydrogen (secondary N) is 1. The molecule has 1 heterocycles. The van der Waals surface area contributed by atoms with Gasteiger partial charge in [-0.2, -0.15) is 0 Å². The average Bonchev–Trinajstić information content (AvgIpc) is 2.49. The minimum atomic E-state index is 0.890. The molecule has 1 aliphatic rings. The second-order valence-electron chi connectivity index (χ2n) is 6.09. The summed E-state index contributed by atoms with van der Waals surface area (Å²) < 4.78 is 0. The maximum atomic E-state index is 3.57. The van der Waals surface area contributed by atoms with Crippen LogP contribution in [0.25, 0.3) is 0 Å². The predicted molar refractivity (Wildman–Crippen MR) is 91.3 cm³/mol. The average molecular weight is 280 g/mol. The zero-order valence-corrected chi connectivity index (χ0v) is 13.2. The number of benzene rings is 2. The van der Waals surface area contributed by atoms with Crippen LogP contribution in [0.4, 0.5) is 11.4 Å². The van der Waals surface area contributed by atoms with Crippen LogP contribution < -0.4 is 10.2 Å². The van der Waals surface area contributed by atoms with Crippen molar-refractivity contribution in [2.75, 3.05) is 23.8 Å². The molecule has 0 radical (unpaired) electrons. The van der Waals surface area contributed by atoms with Gasteiger partial charge in [0.15, 0.2) is 0 Å². The second-order valence-corrected chi connectivity index (χ2v) is 6.09. The number of hydrogen-bond acceptors (Lipinski definition) is 2. The Morgan fingerprint density at radius 2 is 2.00 bits per heavy atom. The minimum Gasteiger partial charge on any atom is -0.381 e. The second kappa shape index (κ2) is 5.80. The molecule has 0 saturated heterocycles. The molecule has 21 heavy (non-hydrogen) atoms. The van der Waals surface area contributed by atoms with E-state index < -0.39 is 0 Å². The first kappa shape index (κ1) is 14.0. The Hall–Kier alpha value is -1.96. The third-order valence-corrected chi connectivity index (χ3v) is 4.58. The summed E-state index contributed by atoms with van der Waals surface area (Å²) in [6, 6.07) is 13.3. The number of nitrogens with zero attached hydrogens (tertiary/aromatic N) is 1. The molecule has 110 valence electrons. The minimum absolute atomic E-state index is 0.890. The molecule has 0 saturated carbocycles. The first-order valence-electron chi connectivity index (χ1n) is 7.78. The molecular weight excluding hydrogens is 256 g/mol. The van der Waals surface area contributed by atoms with Gasteiger partial charge in [0.1, 0.15) is 0 Å². The van der Waals surface area contributed by atoms with Gasteiger partial charge >= 0.3 is 0 Å². The van der Waals surface area contributed by atoms with Crippen LogP contribution in [-0.2, 0) is 13.0 Å². The Morgan fingerprint density at radius 1 is 1.14 bits per heavy atom. The fraction of sp³-hybridized carbons (Fsp3) is 0.368. The molecule has 0 amide bonds. The van der Waals surface area contributed by atoms with Gasteiger partial charge < -0.3 is 10.2 Å². The van der Waals surface area contributed by atoms with Crippen LogP contribution in [0.3, 0.4) is 0 Å². The van der Waals surface area contributed by atoms with Gasteiger partial charge in [0.05, 0.1) is 0 Å². The van der Waals surface area contributed by atoms with Gasteiger partial charge in [-0.25, -0.2) is 0 Å². The molecule has 0 aromatic heterocycles. The zero-order valence-electron chi connectivity index (χ0n) is 13.2. The van der Waals surface area contributed by atoms with Gasteiger partial charge in [-0.15, -0.1) is 0 Å². The Bertz CT molecular complexity index is 646. The Balaban J connectivity index is 1.75. The van der Waals surface area contributed by atoms with Crippen molar-refractivity contribution >= 4 is 11.4 Å². The lowest BCUT2D eigenvalue weighted by atomic mass is 9.99. The highest BCUT2D eigenvalue weighted by molar-refractivity contribution is 5.57. The van der Waals surface area contributed by atoms with Crippen LogP contribution in [0.15, 0.2) is 36.4 Å². The molecular formula is C19H24N2. The number of rotatable bonds is 3. The topological polar surface area (TPSA) is 15.3 Å². The lowest BCUT2D eigenvalue weighted by molar-refractivity contribution is 0.743. The fourth-order valence-electron chi connectivity index (χ4n) is 3.09. The fourth-order valence-corrected chi connectivity index (χ4v) is 3.09. The summed E-state index contributed by atoms with van der Waals surface area (Å²) in [5, 5.41) is 3.57. The number of fused-ring (bicyclic) bond motifs is 1. The molecule has 0 atom stereocenters. The van der Waals surface area contributed by atoms with Crippen molar-refractivity contribution in [2.24, 2.45) is 0 Å². The summed E-state index contributed by atoms with van der Waals surface area (Å²) in [4.78, 5) is 2.36. The van der Waals surface area contributed by atoms with Gasteiger partial charge in [0.2, 0.25) is 0 Å². The standard InChI is InChI=1S/C19H24N2/c1-14-6-4-8-18(15(14)2)20-13-16-9-10-19-17(12-16)7-5-11-21(19)3/h4,6,8-10,12,20H,5,7,11,13H2,1-3H3. The number of anilines is 2. The zero-order chi connectivity index (χ0) is 14.8. The summed E-state index contributed by atoms with van der Waals surface area (Å²) in [6.45, 7) is 6.41. The van der Waals surface area contributed by atoms with Crippen molar-refractivity contribution in [2.45, 2.75) is 33.2 Å². The first-order chi connectivity index (χ1) is 10.1. The van der Waals surface area contributed by atoms with E-state index >= 15 is 0 Å². The smallest absolute Gasteiger partial charge is 0.0401 e. The summed E-state index contributed by atoms with van der Waals surface area (Å²) in [6.07, 6.45) is 2.47.